The Hall–Kier alpha value is -2.18. The summed E-state index contributed by atoms with van der Waals surface area (Å²) in [5, 5.41) is 6.98. The summed E-state index contributed by atoms with van der Waals surface area (Å²) in [6.07, 6.45) is 1.73. The number of aromatic amines is 1. The molecule has 0 radical (unpaired) electrons. The van der Waals surface area contributed by atoms with Gasteiger partial charge in [-0.2, -0.15) is 5.10 Å². The maximum absolute atomic E-state index is 12.7. The SMILES string of the molecule is CC(C)CN1C[C@H](OCc2ccccc2)CN(Cc2ccn[nH]2)CC1=O. The second kappa shape index (κ2) is 8.96. The van der Waals surface area contributed by atoms with E-state index in [1.165, 1.54) is 0 Å². The first-order valence-electron chi connectivity index (χ1n) is 9.24. The van der Waals surface area contributed by atoms with E-state index < -0.39 is 0 Å². The van der Waals surface area contributed by atoms with Gasteiger partial charge in [0.15, 0.2) is 0 Å². The molecule has 1 N–H and O–H groups in total. The maximum Gasteiger partial charge on any atom is 0.236 e. The second-order valence-corrected chi connectivity index (χ2v) is 7.36. The van der Waals surface area contributed by atoms with Crippen LogP contribution in [0.15, 0.2) is 42.6 Å². The predicted molar refractivity (Wildman–Crippen MR) is 100 cm³/mol. The number of hydrogen-bond acceptors (Lipinski definition) is 4. The van der Waals surface area contributed by atoms with E-state index in [4.69, 9.17) is 4.74 Å². The molecule has 26 heavy (non-hydrogen) atoms. The highest BCUT2D eigenvalue weighted by atomic mass is 16.5. The lowest BCUT2D eigenvalue weighted by Gasteiger charge is -2.26. The fourth-order valence-electron chi connectivity index (χ4n) is 3.29. The largest absolute Gasteiger partial charge is 0.370 e. The van der Waals surface area contributed by atoms with E-state index in [9.17, 15) is 4.79 Å². The molecule has 2 aromatic rings. The van der Waals surface area contributed by atoms with Crippen molar-refractivity contribution in [1.29, 1.82) is 0 Å². The lowest BCUT2D eigenvalue weighted by Crippen LogP contribution is -2.40. The van der Waals surface area contributed by atoms with Crippen LogP contribution >= 0.6 is 0 Å². The minimum absolute atomic E-state index is 0.0108. The number of benzene rings is 1. The molecule has 0 spiro atoms. The molecule has 0 unspecified atom stereocenters. The van der Waals surface area contributed by atoms with Crippen LogP contribution in [0.25, 0.3) is 0 Å². The molecule has 0 aliphatic carbocycles. The fraction of sp³-hybridized carbons (Fsp3) is 0.500. The Morgan fingerprint density at radius 3 is 2.73 bits per heavy atom. The lowest BCUT2D eigenvalue weighted by atomic mass is 10.2. The normalized spacial score (nSPS) is 19.1. The molecule has 3 rings (SSSR count). The van der Waals surface area contributed by atoms with E-state index in [2.05, 4.69) is 41.1 Å². The number of carbonyl (C=O) groups is 1. The summed E-state index contributed by atoms with van der Waals surface area (Å²) in [6, 6.07) is 12.1. The van der Waals surface area contributed by atoms with Gasteiger partial charge in [0.25, 0.3) is 0 Å². The van der Waals surface area contributed by atoms with Crippen LogP contribution in [0.4, 0.5) is 0 Å². The number of ether oxygens (including phenoxy) is 1. The Morgan fingerprint density at radius 2 is 2.04 bits per heavy atom. The van der Waals surface area contributed by atoms with E-state index in [1.54, 1.807) is 6.20 Å². The van der Waals surface area contributed by atoms with Gasteiger partial charge >= 0.3 is 0 Å². The molecule has 0 saturated carbocycles. The van der Waals surface area contributed by atoms with E-state index >= 15 is 0 Å². The van der Waals surface area contributed by atoms with Gasteiger partial charge in [0.05, 0.1) is 19.3 Å². The number of rotatable bonds is 7. The standard InChI is InChI=1S/C20H28N4O2/c1-16(2)10-24-13-19(26-15-17-6-4-3-5-7-17)12-23(14-20(24)25)11-18-8-9-21-22-18/h3-9,16,19H,10-15H2,1-2H3,(H,21,22)/t19-/m1/s1. The highest BCUT2D eigenvalue weighted by Gasteiger charge is 2.28. The molecular weight excluding hydrogens is 328 g/mol. The zero-order valence-electron chi connectivity index (χ0n) is 15.6. The summed E-state index contributed by atoms with van der Waals surface area (Å²) >= 11 is 0. The van der Waals surface area contributed by atoms with Crippen molar-refractivity contribution in [2.24, 2.45) is 5.92 Å². The van der Waals surface area contributed by atoms with E-state index in [1.807, 2.05) is 29.2 Å². The number of aromatic nitrogens is 2. The molecule has 1 fully saturated rings. The van der Waals surface area contributed by atoms with E-state index in [0.717, 1.165) is 24.3 Å². The summed E-state index contributed by atoms with van der Waals surface area (Å²) in [4.78, 5) is 16.8. The first-order chi connectivity index (χ1) is 12.6. The van der Waals surface area contributed by atoms with Crippen molar-refractivity contribution in [3.63, 3.8) is 0 Å². The Kier molecular flexibility index (Phi) is 6.41. The van der Waals surface area contributed by atoms with Gasteiger partial charge in [0.2, 0.25) is 5.91 Å². The molecular formula is C20H28N4O2. The van der Waals surface area contributed by atoms with Crippen LogP contribution in [0, 0.1) is 5.92 Å². The van der Waals surface area contributed by atoms with Crippen LogP contribution in [0.5, 0.6) is 0 Å². The van der Waals surface area contributed by atoms with Crippen molar-refractivity contribution < 1.29 is 9.53 Å². The first kappa shape index (κ1) is 18.6. The molecule has 0 bridgehead atoms. The van der Waals surface area contributed by atoms with Gasteiger partial charge in [0.1, 0.15) is 0 Å². The molecule has 1 aromatic carbocycles. The summed E-state index contributed by atoms with van der Waals surface area (Å²) in [5.41, 5.74) is 2.16. The van der Waals surface area contributed by atoms with Crippen LogP contribution in [0.1, 0.15) is 25.1 Å². The van der Waals surface area contributed by atoms with E-state index in [-0.39, 0.29) is 12.0 Å². The zero-order chi connectivity index (χ0) is 18.4. The number of nitrogens with zero attached hydrogens (tertiary/aromatic N) is 3. The number of hydrogen-bond donors (Lipinski definition) is 1. The van der Waals surface area contributed by atoms with Crippen LogP contribution in [0.3, 0.4) is 0 Å². The van der Waals surface area contributed by atoms with Crippen molar-refractivity contribution in [1.82, 2.24) is 20.0 Å². The highest BCUT2D eigenvalue weighted by Crippen LogP contribution is 2.14. The van der Waals surface area contributed by atoms with E-state index in [0.29, 0.717) is 32.2 Å². The Balaban J connectivity index is 1.67. The van der Waals surface area contributed by atoms with Crippen molar-refractivity contribution >= 4 is 5.91 Å². The third-order valence-electron chi connectivity index (χ3n) is 4.46. The quantitative estimate of drug-likeness (QED) is 0.827. The number of carbonyl (C=O) groups excluding carboxylic acids is 1. The van der Waals surface area contributed by atoms with Gasteiger partial charge < -0.3 is 9.64 Å². The van der Waals surface area contributed by atoms with Gasteiger partial charge in [-0.15, -0.1) is 0 Å². The second-order valence-electron chi connectivity index (χ2n) is 7.36. The molecule has 1 amide bonds. The Bertz CT molecular complexity index is 672. The molecule has 1 aliphatic rings. The van der Waals surface area contributed by atoms with Crippen LogP contribution in [-0.2, 0) is 22.7 Å². The molecule has 1 aromatic heterocycles. The summed E-state index contributed by atoms with van der Waals surface area (Å²) < 4.78 is 6.20. The average Bonchev–Trinajstić information content (AvgIpc) is 3.07. The molecule has 1 saturated heterocycles. The summed E-state index contributed by atoms with van der Waals surface area (Å²) in [7, 11) is 0. The highest BCUT2D eigenvalue weighted by molar-refractivity contribution is 5.78. The van der Waals surface area contributed by atoms with Gasteiger partial charge in [0, 0.05) is 38.1 Å². The fourth-order valence-corrected chi connectivity index (χ4v) is 3.29. The Labute approximate surface area is 155 Å². The molecule has 1 atom stereocenters. The summed E-state index contributed by atoms with van der Waals surface area (Å²) in [5.74, 6) is 0.608. The lowest BCUT2D eigenvalue weighted by molar-refractivity contribution is -0.132. The molecule has 6 heteroatoms. The minimum Gasteiger partial charge on any atom is -0.370 e. The zero-order valence-corrected chi connectivity index (χ0v) is 15.6. The van der Waals surface area contributed by atoms with Crippen molar-refractivity contribution in [2.75, 3.05) is 26.2 Å². The topological polar surface area (TPSA) is 61.5 Å². The first-order valence-corrected chi connectivity index (χ1v) is 9.24. The van der Waals surface area contributed by atoms with Crippen LogP contribution < -0.4 is 0 Å². The average molecular weight is 356 g/mol. The predicted octanol–water partition coefficient (Wildman–Crippen LogP) is 2.30. The number of nitrogens with one attached hydrogen (secondary N) is 1. The monoisotopic (exact) mass is 356 g/mol. The smallest absolute Gasteiger partial charge is 0.236 e. The number of amides is 1. The van der Waals surface area contributed by atoms with Crippen molar-refractivity contribution in [3.8, 4) is 0 Å². The van der Waals surface area contributed by atoms with Gasteiger partial charge in [-0.3, -0.25) is 14.8 Å². The van der Waals surface area contributed by atoms with Gasteiger partial charge in [-0.1, -0.05) is 44.2 Å². The molecule has 140 valence electrons. The van der Waals surface area contributed by atoms with Gasteiger partial charge in [-0.25, -0.2) is 0 Å². The van der Waals surface area contributed by atoms with Crippen LogP contribution in [-0.4, -0.2) is 58.2 Å². The van der Waals surface area contributed by atoms with Gasteiger partial charge in [-0.05, 0) is 17.5 Å². The summed E-state index contributed by atoms with van der Waals surface area (Å²) in [6.45, 7) is 8.06. The third kappa shape index (κ3) is 5.41. The minimum atomic E-state index is -0.0108. The van der Waals surface area contributed by atoms with Crippen molar-refractivity contribution in [2.45, 2.75) is 33.1 Å². The number of H-pyrrole nitrogens is 1. The molecule has 6 nitrogen and oxygen atoms in total. The van der Waals surface area contributed by atoms with Crippen LogP contribution in [0.2, 0.25) is 0 Å². The third-order valence-corrected chi connectivity index (χ3v) is 4.46. The molecule has 2 heterocycles. The Morgan fingerprint density at radius 1 is 1.23 bits per heavy atom. The molecule has 1 aliphatic heterocycles. The maximum atomic E-state index is 12.7. The van der Waals surface area contributed by atoms with Crippen molar-refractivity contribution in [3.05, 3.63) is 53.9 Å².